The topological polar surface area (TPSA) is 60.5 Å². The summed E-state index contributed by atoms with van der Waals surface area (Å²) in [5, 5.41) is 4.39. The van der Waals surface area contributed by atoms with Crippen LogP contribution in [0, 0.1) is 0 Å². The molecule has 0 spiro atoms. The maximum atomic E-state index is 12.1. The third kappa shape index (κ3) is 5.10. The number of benzene rings is 2. The van der Waals surface area contributed by atoms with Crippen LogP contribution in [-0.2, 0) is 14.3 Å². The Morgan fingerprint density at radius 3 is 2.32 bits per heavy atom. The van der Waals surface area contributed by atoms with E-state index in [0.717, 1.165) is 16.0 Å². The van der Waals surface area contributed by atoms with Crippen LogP contribution >= 0.6 is 34.5 Å². The molecule has 0 atom stereocenters. The van der Waals surface area contributed by atoms with E-state index < -0.39 is 0 Å². The van der Waals surface area contributed by atoms with Crippen molar-refractivity contribution in [1.82, 2.24) is 4.98 Å². The molecule has 3 rings (SSSR count). The number of rotatable bonds is 8. The highest BCUT2D eigenvalue weighted by molar-refractivity contribution is 7.19. The van der Waals surface area contributed by atoms with E-state index >= 15 is 0 Å². The van der Waals surface area contributed by atoms with Gasteiger partial charge in [-0.3, -0.25) is 10.1 Å². The maximum Gasteiger partial charge on any atom is 0.252 e. The summed E-state index contributed by atoms with van der Waals surface area (Å²) >= 11 is 14.1. The molecule has 3 aromatic rings. The molecular formula is C20H18Cl2N2O3S. The van der Waals surface area contributed by atoms with Crippen LogP contribution in [0.2, 0.25) is 10.0 Å². The van der Waals surface area contributed by atoms with Gasteiger partial charge in [-0.2, -0.15) is 0 Å². The largest absolute Gasteiger partial charge is 0.382 e. The molecule has 0 saturated heterocycles. The van der Waals surface area contributed by atoms with Gasteiger partial charge in [0.25, 0.3) is 5.91 Å². The Kier molecular flexibility index (Phi) is 7.42. The summed E-state index contributed by atoms with van der Waals surface area (Å²) in [4.78, 5) is 17.6. The number of hydrogen-bond acceptors (Lipinski definition) is 5. The summed E-state index contributed by atoms with van der Waals surface area (Å²) in [5.74, 6) is -0.290. The minimum absolute atomic E-state index is 0.0776. The molecule has 1 aromatic heterocycles. The lowest BCUT2D eigenvalue weighted by molar-refractivity contribution is -0.121. The van der Waals surface area contributed by atoms with Gasteiger partial charge < -0.3 is 9.47 Å². The van der Waals surface area contributed by atoms with Gasteiger partial charge in [-0.05, 0) is 12.1 Å². The molecule has 146 valence electrons. The fourth-order valence-electron chi connectivity index (χ4n) is 2.50. The number of halogens is 2. The van der Waals surface area contributed by atoms with Crippen molar-refractivity contribution < 1.29 is 14.3 Å². The second-order valence-corrected chi connectivity index (χ2v) is 7.56. The highest BCUT2D eigenvalue weighted by Crippen LogP contribution is 2.43. The predicted octanol–water partition coefficient (Wildman–Crippen LogP) is 5.39. The molecule has 8 heteroatoms. The Labute approximate surface area is 177 Å². The number of carbonyl (C=O) groups excluding carboxylic acids is 1. The molecule has 0 radical (unpaired) electrons. The van der Waals surface area contributed by atoms with Crippen LogP contribution in [0.5, 0.6) is 0 Å². The van der Waals surface area contributed by atoms with Crippen molar-refractivity contribution in [2.45, 2.75) is 0 Å². The monoisotopic (exact) mass is 436 g/mol. The highest BCUT2D eigenvalue weighted by Gasteiger charge is 2.19. The summed E-state index contributed by atoms with van der Waals surface area (Å²) in [6, 6.07) is 14.9. The number of aromatic nitrogens is 1. The van der Waals surface area contributed by atoms with Gasteiger partial charge in [0.15, 0.2) is 5.13 Å². The number of carbonyl (C=O) groups is 1. The lowest BCUT2D eigenvalue weighted by atomic mass is 10.1. The molecule has 0 aliphatic heterocycles. The molecule has 1 amide bonds. The summed E-state index contributed by atoms with van der Waals surface area (Å²) < 4.78 is 10.1. The van der Waals surface area contributed by atoms with Crippen LogP contribution in [0.1, 0.15) is 0 Å². The average molecular weight is 437 g/mol. The first-order chi connectivity index (χ1) is 13.6. The minimum atomic E-state index is -0.290. The molecular weight excluding hydrogens is 419 g/mol. The van der Waals surface area contributed by atoms with Crippen molar-refractivity contribution in [3.63, 3.8) is 0 Å². The normalized spacial score (nSPS) is 10.8. The number of nitrogens with one attached hydrogen (secondary N) is 1. The SMILES string of the molecule is COCCOCC(=O)Nc1nc(-c2ccccc2Cl)c(-c2ccccc2Cl)s1. The van der Waals surface area contributed by atoms with E-state index in [-0.39, 0.29) is 12.5 Å². The Balaban J connectivity index is 1.92. The average Bonchev–Trinajstić information content (AvgIpc) is 3.09. The van der Waals surface area contributed by atoms with Crippen LogP contribution in [0.15, 0.2) is 48.5 Å². The summed E-state index contributed by atoms with van der Waals surface area (Å²) in [6.07, 6.45) is 0. The van der Waals surface area contributed by atoms with Crippen LogP contribution in [-0.4, -0.2) is 37.8 Å². The van der Waals surface area contributed by atoms with E-state index in [9.17, 15) is 4.79 Å². The summed E-state index contributed by atoms with van der Waals surface area (Å²) in [6.45, 7) is 0.696. The van der Waals surface area contributed by atoms with Crippen molar-refractivity contribution in [3.05, 3.63) is 58.6 Å². The van der Waals surface area contributed by atoms with Gasteiger partial charge in [0.1, 0.15) is 6.61 Å². The molecule has 0 aliphatic carbocycles. The third-order valence-electron chi connectivity index (χ3n) is 3.79. The van der Waals surface area contributed by atoms with Crippen molar-refractivity contribution >= 4 is 45.6 Å². The van der Waals surface area contributed by atoms with Crippen molar-refractivity contribution in [2.24, 2.45) is 0 Å². The van der Waals surface area contributed by atoms with Crippen LogP contribution < -0.4 is 5.32 Å². The molecule has 0 unspecified atom stereocenters. The molecule has 28 heavy (non-hydrogen) atoms. The third-order valence-corrected chi connectivity index (χ3v) is 5.45. The number of anilines is 1. The Hall–Kier alpha value is -1.96. The van der Waals surface area contributed by atoms with Crippen molar-refractivity contribution in [3.8, 4) is 21.7 Å². The first-order valence-corrected chi connectivity index (χ1v) is 10.0. The zero-order chi connectivity index (χ0) is 19.9. The summed E-state index contributed by atoms with van der Waals surface area (Å²) in [5.41, 5.74) is 2.26. The van der Waals surface area contributed by atoms with Gasteiger partial charge in [0.2, 0.25) is 0 Å². The molecule has 0 fully saturated rings. The number of methoxy groups -OCH3 is 1. The smallest absolute Gasteiger partial charge is 0.252 e. The molecule has 0 bridgehead atoms. The van der Waals surface area contributed by atoms with Crippen LogP contribution in [0.4, 0.5) is 5.13 Å². The van der Waals surface area contributed by atoms with Crippen LogP contribution in [0.25, 0.3) is 21.7 Å². The molecule has 0 saturated carbocycles. The second-order valence-electron chi connectivity index (χ2n) is 5.75. The first-order valence-electron chi connectivity index (χ1n) is 8.47. The van der Waals surface area contributed by atoms with E-state index in [1.165, 1.54) is 11.3 Å². The fourth-order valence-corrected chi connectivity index (χ4v) is 4.05. The first kappa shape index (κ1) is 20.8. The quantitative estimate of drug-likeness (QED) is 0.481. The van der Waals surface area contributed by atoms with Crippen molar-refractivity contribution in [1.29, 1.82) is 0 Å². The van der Waals surface area contributed by atoms with E-state index in [1.807, 2.05) is 42.5 Å². The van der Waals surface area contributed by atoms with Gasteiger partial charge in [0.05, 0.1) is 28.8 Å². The zero-order valence-corrected chi connectivity index (χ0v) is 17.4. The van der Waals surface area contributed by atoms with E-state index in [2.05, 4.69) is 10.3 Å². The molecule has 5 nitrogen and oxygen atoms in total. The molecule has 2 aromatic carbocycles. The van der Waals surface area contributed by atoms with Gasteiger partial charge in [-0.25, -0.2) is 4.98 Å². The number of ether oxygens (including phenoxy) is 2. The molecule has 0 aliphatic rings. The maximum absolute atomic E-state index is 12.1. The standard InChI is InChI=1S/C20H18Cl2N2O3S/c1-26-10-11-27-12-17(25)23-20-24-18(13-6-2-4-8-15(13)21)19(28-20)14-7-3-5-9-16(14)22/h2-9H,10-12H2,1H3,(H,23,24,25). The fraction of sp³-hybridized carbons (Fsp3) is 0.200. The van der Waals surface area contributed by atoms with E-state index in [4.69, 9.17) is 32.7 Å². The van der Waals surface area contributed by atoms with Crippen molar-refractivity contribution in [2.75, 3.05) is 32.2 Å². The number of amides is 1. The van der Waals surface area contributed by atoms with Crippen LogP contribution in [0.3, 0.4) is 0 Å². The van der Waals surface area contributed by atoms with E-state index in [0.29, 0.717) is 34.1 Å². The highest BCUT2D eigenvalue weighted by atomic mass is 35.5. The number of thiazole rings is 1. The van der Waals surface area contributed by atoms with Gasteiger partial charge in [-0.1, -0.05) is 70.9 Å². The number of hydrogen-bond donors (Lipinski definition) is 1. The Morgan fingerprint density at radius 2 is 1.68 bits per heavy atom. The van der Waals surface area contributed by atoms with Gasteiger partial charge in [-0.15, -0.1) is 0 Å². The summed E-state index contributed by atoms with van der Waals surface area (Å²) in [7, 11) is 1.57. The second kappa shape index (κ2) is 10.0. The Bertz CT molecular complexity index is 899. The lowest BCUT2D eigenvalue weighted by Gasteiger charge is -2.06. The van der Waals surface area contributed by atoms with E-state index in [1.54, 1.807) is 13.2 Å². The molecule has 1 N–H and O–H groups in total. The van der Waals surface area contributed by atoms with Gasteiger partial charge >= 0.3 is 0 Å². The zero-order valence-electron chi connectivity index (χ0n) is 15.1. The Morgan fingerprint density at radius 1 is 1.04 bits per heavy atom. The van der Waals surface area contributed by atoms with Gasteiger partial charge in [0, 0.05) is 23.3 Å². The molecule has 1 heterocycles. The lowest BCUT2D eigenvalue weighted by Crippen LogP contribution is -2.19. The predicted molar refractivity (Wildman–Crippen MR) is 114 cm³/mol. The minimum Gasteiger partial charge on any atom is -0.382 e. The number of nitrogens with zero attached hydrogens (tertiary/aromatic N) is 1.